The smallest absolute Gasteiger partial charge is 0.00716 e. The minimum absolute atomic E-state index is 0.662. The molecule has 1 heteroatoms. The predicted molar refractivity (Wildman–Crippen MR) is 46.9 cm³/mol. The SMILES string of the molecule is C=C(C)C(CCC)CCN. The molecule has 0 fully saturated rings. The zero-order valence-corrected chi connectivity index (χ0v) is 7.19. The molecule has 0 aromatic rings. The molecule has 0 radical (unpaired) electrons. The van der Waals surface area contributed by atoms with Crippen LogP contribution in [0.1, 0.15) is 33.1 Å². The lowest BCUT2D eigenvalue weighted by Crippen LogP contribution is -2.09. The van der Waals surface area contributed by atoms with Crippen molar-refractivity contribution >= 4 is 0 Å². The Morgan fingerprint density at radius 2 is 2.10 bits per heavy atom. The van der Waals surface area contributed by atoms with Crippen molar-refractivity contribution < 1.29 is 0 Å². The number of hydrogen-bond acceptors (Lipinski definition) is 1. The minimum Gasteiger partial charge on any atom is -0.330 e. The summed E-state index contributed by atoms with van der Waals surface area (Å²) in [6, 6.07) is 0. The van der Waals surface area contributed by atoms with E-state index in [0.717, 1.165) is 13.0 Å². The molecular formula is C9H19N. The molecule has 0 heterocycles. The number of hydrogen-bond donors (Lipinski definition) is 1. The number of nitrogens with two attached hydrogens (primary N) is 1. The van der Waals surface area contributed by atoms with Crippen LogP contribution in [0.5, 0.6) is 0 Å². The van der Waals surface area contributed by atoms with Gasteiger partial charge in [-0.2, -0.15) is 0 Å². The summed E-state index contributed by atoms with van der Waals surface area (Å²) in [6.07, 6.45) is 3.58. The van der Waals surface area contributed by atoms with Crippen molar-refractivity contribution in [3.05, 3.63) is 12.2 Å². The zero-order valence-electron chi connectivity index (χ0n) is 7.19. The van der Waals surface area contributed by atoms with Crippen LogP contribution in [0.3, 0.4) is 0 Å². The van der Waals surface area contributed by atoms with E-state index in [9.17, 15) is 0 Å². The number of rotatable bonds is 5. The first kappa shape index (κ1) is 9.70. The molecule has 0 aliphatic heterocycles. The van der Waals surface area contributed by atoms with Crippen LogP contribution in [0.4, 0.5) is 0 Å². The van der Waals surface area contributed by atoms with Crippen molar-refractivity contribution in [2.45, 2.75) is 33.1 Å². The molecule has 0 bridgehead atoms. The topological polar surface area (TPSA) is 26.0 Å². The Kier molecular flexibility index (Phi) is 5.32. The Labute approximate surface area is 64.3 Å². The van der Waals surface area contributed by atoms with Crippen LogP contribution in [0.15, 0.2) is 12.2 Å². The van der Waals surface area contributed by atoms with E-state index in [4.69, 9.17) is 5.73 Å². The maximum absolute atomic E-state index is 5.46. The van der Waals surface area contributed by atoms with Gasteiger partial charge in [-0.05, 0) is 32.2 Å². The van der Waals surface area contributed by atoms with Crippen LogP contribution in [-0.2, 0) is 0 Å². The van der Waals surface area contributed by atoms with Crippen LogP contribution in [-0.4, -0.2) is 6.54 Å². The van der Waals surface area contributed by atoms with Crippen LogP contribution in [0.2, 0.25) is 0 Å². The highest BCUT2D eigenvalue weighted by Crippen LogP contribution is 2.17. The average molecular weight is 141 g/mol. The van der Waals surface area contributed by atoms with E-state index in [1.54, 1.807) is 0 Å². The summed E-state index contributed by atoms with van der Waals surface area (Å²) in [5.41, 5.74) is 6.74. The van der Waals surface area contributed by atoms with Gasteiger partial charge in [0.25, 0.3) is 0 Å². The molecule has 0 saturated heterocycles. The zero-order chi connectivity index (χ0) is 7.98. The van der Waals surface area contributed by atoms with E-state index in [1.165, 1.54) is 18.4 Å². The standard InChI is InChI=1S/C9H19N/c1-4-5-9(6-7-10)8(2)3/h9H,2,4-7,10H2,1,3H3. The molecule has 1 unspecified atom stereocenters. The van der Waals surface area contributed by atoms with E-state index in [-0.39, 0.29) is 0 Å². The summed E-state index contributed by atoms with van der Waals surface area (Å²) in [5, 5.41) is 0. The van der Waals surface area contributed by atoms with E-state index >= 15 is 0 Å². The average Bonchev–Trinajstić information content (AvgIpc) is 1.87. The second-order valence-electron chi connectivity index (χ2n) is 2.91. The first-order valence-corrected chi connectivity index (χ1v) is 4.07. The molecule has 2 N–H and O–H groups in total. The van der Waals surface area contributed by atoms with Gasteiger partial charge >= 0.3 is 0 Å². The van der Waals surface area contributed by atoms with Crippen molar-refractivity contribution in [1.82, 2.24) is 0 Å². The molecule has 0 saturated carbocycles. The summed E-state index contributed by atoms with van der Waals surface area (Å²) < 4.78 is 0. The molecule has 0 aromatic heterocycles. The summed E-state index contributed by atoms with van der Waals surface area (Å²) in [7, 11) is 0. The Hall–Kier alpha value is -0.300. The lowest BCUT2D eigenvalue weighted by atomic mass is 9.93. The van der Waals surface area contributed by atoms with Crippen LogP contribution < -0.4 is 5.73 Å². The van der Waals surface area contributed by atoms with E-state index in [2.05, 4.69) is 20.4 Å². The van der Waals surface area contributed by atoms with Crippen molar-refractivity contribution in [3.8, 4) is 0 Å². The summed E-state index contributed by atoms with van der Waals surface area (Å²) in [6.45, 7) is 9.02. The molecule has 0 spiro atoms. The molecule has 60 valence electrons. The van der Waals surface area contributed by atoms with Gasteiger partial charge in [0.15, 0.2) is 0 Å². The van der Waals surface area contributed by atoms with Gasteiger partial charge in [-0.25, -0.2) is 0 Å². The van der Waals surface area contributed by atoms with Gasteiger partial charge in [-0.3, -0.25) is 0 Å². The predicted octanol–water partition coefficient (Wildman–Crippen LogP) is 2.33. The summed E-state index contributed by atoms with van der Waals surface area (Å²) in [5.74, 6) is 0.662. The van der Waals surface area contributed by atoms with E-state index < -0.39 is 0 Å². The Morgan fingerprint density at radius 1 is 1.50 bits per heavy atom. The van der Waals surface area contributed by atoms with Gasteiger partial charge in [-0.15, -0.1) is 0 Å². The van der Waals surface area contributed by atoms with Crippen molar-refractivity contribution in [2.75, 3.05) is 6.54 Å². The van der Waals surface area contributed by atoms with Crippen molar-refractivity contribution in [3.63, 3.8) is 0 Å². The Balaban J connectivity index is 3.61. The Bertz CT molecular complexity index is 90.9. The third-order valence-electron chi connectivity index (χ3n) is 1.85. The molecule has 1 nitrogen and oxygen atoms in total. The van der Waals surface area contributed by atoms with E-state index in [1.807, 2.05) is 0 Å². The first-order valence-electron chi connectivity index (χ1n) is 4.07. The highest BCUT2D eigenvalue weighted by molar-refractivity contribution is 4.95. The summed E-state index contributed by atoms with van der Waals surface area (Å²) >= 11 is 0. The fraction of sp³-hybridized carbons (Fsp3) is 0.778. The third kappa shape index (κ3) is 3.67. The van der Waals surface area contributed by atoms with E-state index in [0.29, 0.717) is 5.92 Å². The minimum atomic E-state index is 0.662. The Morgan fingerprint density at radius 3 is 2.40 bits per heavy atom. The molecular weight excluding hydrogens is 122 g/mol. The molecule has 10 heavy (non-hydrogen) atoms. The van der Waals surface area contributed by atoms with Crippen LogP contribution in [0, 0.1) is 5.92 Å². The highest BCUT2D eigenvalue weighted by Gasteiger charge is 2.05. The lowest BCUT2D eigenvalue weighted by Gasteiger charge is -2.13. The van der Waals surface area contributed by atoms with Gasteiger partial charge in [0.1, 0.15) is 0 Å². The quantitative estimate of drug-likeness (QED) is 0.584. The van der Waals surface area contributed by atoms with Crippen molar-refractivity contribution in [2.24, 2.45) is 11.7 Å². The van der Waals surface area contributed by atoms with Gasteiger partial charge in [0, 0.05) is 0 Å². The second kappa shape index (κ2) is 5.48. The lowest BCUT2D eigenvalue weighted by molar-refractivity contribution is 0.518. The molecule has 0 amide bonds. The fourth-order valence-electron chi connectivity index (χ4n) is 1.19. The van der Waals surface area contributed by atoms with Crippen LogP contribution >= 0.6 is 0 Å². The van der Waals surface area contributed by atoms with Gasteiger partial charge < -0.3 is 5.73 Å². The first-order chi connectivity index (χ1) is 4.72. The summed E-state index contributed by atoms with van der Waals surface area (Å²) in [4.78, 5) is 0. The molecule has 0 aliphatic rings. The van der Waals surface area contributed by atoms with Crippen LogP contribution in [0.25, 0.3) is 0 Å². The second-order valence-corrected chi connectivity index (χ2v) is 2.91. The third-order valence-corrected chi connectivity index (χ3v) is 1.85. The molecule has 0 aromatic carbocycles. The van der Waals surface area contributed by atoms with Gasteiger partial charge in [-0.1, -0.05) is 25.5 Å². The fourth-order valence-corrected chi connectivity index (χ4v) is 1.19. The maximum Gasteiger partial charge on any atom is -0.00716 e. The molecule has 0 aliphatic carbocycles. The number of allylic oxidation sites excluding steroid dienone is 1. The monoisotopic (exact) mass is 141 g/mol. The molecule has 1 atom stereocenters. The normalized spacial score (nSPS) is 13.1. The maximum atomic E-state index is 5.46. The van der Waals surface area contributed by atoms with Crippen molar-refractivity contribution in [1.29, 1.82) is 0 Å². The van der Waals surface area contributed by atoms with Gasteiger partial charge in [0.2, 0.25) is 0 Å². The largest absolute Gasteiger partial charge is 0.330 e. The highest BCUT2D eigenvalue weighted by atomic mass is 14.5. The molecule has 0 rings (SSSR count). The van der Waals surface area contributed by atoms with Gasteiger partial charge in [0.05, 0.1) is 0 Å².